The Bertz CT molecular complexity index is 1570. The number of amides is 1. The zero-order chi connectivity index (χ0) is 22.6. The molecule has 0 radical (unpaired) electrons. The topological polar surface area (TPSA) is 118 Å². The first kappa shape index (κ1) is 20.1. The second-order valence-electron chi connectivity index (χ2n) is 7.22. The van der Waals surface area contributed by atoms with Crippen LogP contribution >= 0.6 is 15.9 Å². The number of carboxylic acid groups (broad SMARTS) is 1. The Kier molecular flexibility index (Phi) is 4.66. The number of aliphatic imine (C=N–C) groups is 1. The van der Waals surface area contributed by atoms with Crippen LogP contribution in [0.1, 0.15) is 16.9 Å². The van der Waals surface area contributed by atoms with Gasteiger partial charge in [-0.15, -0.1) is 0 Å². The Balaban J connectivity index is 1.93. The predicted octanol–water partition coefficient (Wildman–Crippen LogP) is 4.23. The highest BCUT2D eigenvalue weighted by Gasteiger charge is 2.29. The Morgan fingerprint density at radius 2 is 2.16 bits per heavy atom. The molecular formula is C22H13BrFN3O5. The van der Waals surface area contributed by atoms with Gasteiger partial charge in [0, 0.05) is 29.0 Å². The van der Waals surface area contributed by atoms with Gasteiger partial charge in [-0.1, -0.05) is 0 Å². The van der Waals surface area contributed by atoms with Gasteiger partial charge in [0.05, 0.1) is 34.5 Å². The van der Waals surface area contributed by atoms with Gasteiger partial charge in [0.1, 0.15) is 17.1 Å². The van der Waals surface area contributed by atoms with Gasteiger partial charge < -0.3 is 19.1 Å². The third-order valence-electron chi connectivity index (χ3n) is 5.38. The number of rotatable bonds is 4. The lowest BCUT2D eigenvalue weighted by atomic mass is 10.0. The Morgan fingerprint density at radius 3 is 2.91 bits per heavy atom. The van der Waals surface area contributed by atoms with Gasteiger partial charge in [-0.2, -0.15) is 0 Å². The number of nitrogens with zero attached hydrogens (tertiary/aromatic N) is 2. The van der Waals surface area contributed by atoms with Crippen molar-refractivity contribution in [2.75, 3.05) is 0 Å². The summed E-state index contributed by atoms with van der Waals surface area (Å²) < 4.78 is 22.3. The van der Waals surface area contributed by atoms with Crippen LogP contribution in [0.25, 0.3) is 33.0 Å². The number of aromatic nitrogens is 2. The van der Waals surface area contributed by atoms with Gasteiger partial charge in [-0.05, 0) is 45.8 Å². The molecule has 2 N–H and O–H groups in total. The van der Waals surface area contributed by atoms with E-state index in [-0.39, 0.29) is 52.2 Å². The maximum Gasteiger partial charge on any atom is 0.353 e. The zero-order valence-electron chi connectivity index (χ0n) is 16.2. The number of pyridine rings is 1. The summed E-state index contributed by atoms with van der Waals surface area (Å²) in [5.74, 6) is -2.29. The number of benzene rings is 1. The molecule has 8 nitrogen and oxygen atoms in total. The molecule has 0 aliphatic carbocycles. The van der Waals surface area contributed by atoms with Crippen LogP contribution in [0.2, 0.25) is 0 Å². The fraction of sp³-hybridized carbons (Fsp3) is 0.0909. The van der Waals surface area contributed by atoms with Crippen molar-refractivity contribution in [1.29, 1.82) is 0 Å². The lowest BCUT2D eigenvalue weighted by molar-refractivity contribution is -0.117. The van der Waals surface area contributed by atoms with E-state index in [1.807, 2.05) is 0 Å². The smallest absolute Gasteiger partial charge is 0.353 e. The normalized spacial score (nSPS) is 14.1. The molecule has 1 amide bonds. The van der Waals surface area contributed by atoms with Crippen LogP contribution < -0.4 is 5.56 Å². The van der Waals surface area contributed by atoms with Crippen molar-refractivity contribution in [3.05, 3.63) is 68.6 Å². The minimum absolute atomic E-state index is 0.0253. The van der Waals surface area contributed by atoms with E-state index in [2.05, 4.69) is 25.9 Å². The van der Waals surface area contributed by atoms with E-state index < -0.39 is 17.3 Å². The van der Waals surface area contributed by atoms with Crippen LogP contribution in [0.3, 0.4) is 0 Å². The number of carboxylic acids is 1. The van der Waals surface area contributed by atoms with Crippen molar-refractivity contribution in [2.24, 2.45) is 4.99 Å². The summed E-state index contributed by atoms with van der Waals surface area (Å²) in [5, 5.41) is 10.6. The number of nitrogens with one attached hydrogen (secondary N) is 1. The minimum atomic E-state index is -1.31. The number of allylic oxidation sites excluding steroid dienone is 1. The Hall–Kier alpha value is -3.79. The van der Waals surface area contributed by atoms with E-state index in [0.29, 0.717) is 15.4 Å². The second-order valence-corrected chi connectivity index (χ2v) is 8.08. The first-order valence-corrected chi connectivity index (χ1v) is 10.2. The van der Waals surface area contributed by atoms with Crippen LogP contribution in [-0.4, -0.2) is 32.7 Å². The molecule has 0 fully saturated rings. The molecule has 0 atom stereocenters. The van der Waals surface area contributed by atoms with Gasteiger partial charge in [-0.25, -0.2) is 14.2 Å². The molecule has 1 aromatic carbocycles. The molecule has 4 heterocycles. The number of hydrogen-bond acceptors (Lipinski definition) is 4. The fourth-order valence-corrected chi connectivity index (χ4v) is 4.40. The van der Waals surface area contributed by atoms with Gasteiger partial charge in [0.25, 0.3) is 5.56 Å². The molecule has 0 spiro atoms. The van der Waals surface area contributed by atoms with Crippen molar-refractivity contribution in [2.45, 2.75) is 13.0 Å². The van der Waals surface area contributed by atoms with E-state index in [0.717, 1.165) is 0 Å². The van der Waals surface area contributed by atoms with Crippen LogP contribution in [0.15, 0.2) is 61.0 Å². The number of hydrogen-bond donors (Lipinski definition) is 2. The highest BCUT2D eigenvalue weighted by atomic mass is 79.9. The summed E-state index contributed by atoms with van der Waals surface area (Å²) >= 11 is 3.35. The molecule has 10 heteroatoms. The molecule has 0 unspecified atom stereocenters. The number of furan rings is 1. The highest BCUT2D eigenvalue weighted by molar-refractivity contribution is 9.12. The molecular weight excluding hydrogens is 485 g/mol. The third-order valence-corrected chi connectivity index (χ3v) is 6.15. The summed E-state index contributed by atoms with van der Waals surface area (Å²) in [6.45, 7) is -0.0349. The lowest BCUT2D eigenvalue weighted by Gasteiger charge is -2.15. The molecule has 32 heavy (non-hydrogen) atoms. The summed E-state index contributed by atoms with van der Waals surface area (Å²) in [5.41, 5.74) is 0.422. The Labute approximate surface area is 186 Å². The van der Waals surface area contributed by atoms with Crippen LogP contribution in [0.4, 0.5) is 4.39 Å². The van der Waals surface area contributed by atoms with E-state index >= 15 is 0 Å². The van der Waals surface area contributed by atoms with Crippen molar-refractivity contribution < 1.29 is 23.5 Å². The molecule has 4 aromatic rings. The number of carbonyl (C=O) groups is 2. The maximum absolute atomic E-state index is 14.9. The molecule has 0 saturated carbocycles. The third kappa shape index (κ3) is 3.02. The molecule has 160 valence electrons. The van der Waals surface area contributed by atoms with Crippen molar-refractivity contribution in [3.63, 3.8) is 0 Å². The summed E-state index contributed by atoms with van der Waals surface area (Å²) in [6.07, 6.45) is 4.06. The number of fused-ring (bicyclic) bond motifs is 3. The predicted molar refractivity (Wildman–Crippen MR) is 119 cm³/mol. The molecule has 5 rings (SSSR count). The number of H-pyrrole nitrogens is 1. The maximum atomic E-state index is 14.9. The van der Waals surface area contributed by atoms with E-state index in [4.69, 9.17) is 4.42 Å². The lowest BCUT2D eigenvalue weighted by Crippen LogP contribution is -2.16. The number of halogens is 2. The van der Waals surface area contributed by atoms with E-state index in [1.165, 1.54) is 41.4 Å². The first-order valence-electron chi connectivity index (χ1n) is 9.44. The molecule has 1 aliphatic heterocycles. The SMILES string of the molecule is O=C1CC(Cn2c(C(=O)O)c(-c3ccc[nH]c3=O)c3c4occc4c(F)cc32)=C(Br)C=N1. The fourth-order valence-electron chi connectivity index (χ4n) is 4.03. The minimum Gasteiger partial charge on any atom is -0.477 e. The standard InChI is InChI=1S/C22H13BrFN3O5/c23-13-8-26-16(28)6-10(13)9-27-15-7-14(24)11-3-5-32-20(11)18(15)17(19(27)22(30)31)12-2-1-4-25-21(12)29/h1-5,7-8H,6,9H2,(H,25,29)(H,30,31). The Morgan fingerprint density at radius 1 is 1.34 bits per heavy atom. The van der Waals surface area contributed by atoms with E-state index in [1.54, 1.807) is 6.07 Å². The monoisotopic (exact) mass is 497 g/mol. The zero-order valence-corrected chi connectivity index (χ0v) is 17.8. The molecule has 1 aliphatic rings. The quantitative estimate of drug-likeness (QED) is 0.437. The van der Waals surface area contributed by atoms with Crippen molar-refractivity contribution in [3.8, 4) is 11.1 Å². The number of dihydropyridines is 1. The number of carbonyl (C=O) groups excluding carboxylic acids is 1. The molecule has 3 aromatic heterocycles. The van der Waals surface area contributed by atoms with Gasteiger partial charge >= 0.3 is 5.97 Å². The van der Waals surface area contributed by atoms with Crippen LogP contribution in [0, 0.1) is 5.82 Å². The highest BCUT2D eigenvalue weighted by Crippen LogP contribution is 2.40. The van der Waals surface area contributed by atoms with Gasteiger partial charge in [-0.3, -0.25) is 9.59 Å². The van der Waals surface area contributed by atoms with Crippen molar-refractivity contribution in [1.82, 2.24) is 9.55 Å². The first-order chi connectivity index (χ1) is 15.4. The average Bonchev–Trinajstić information content (AvgIpc) is 3.35. The van der Waals surface area contributed by atoms with Crippen LogP contribution in [0.5, 0.6) is 0 Å². The van der Waals surface area contributed by atoms with Gasteiger partial charge in [0.15, 0.2) is 0 Å². The van der Waals surface area contributed by atoms with Crippen LogP contribution in [-0.2, 0) is 11.3 Å². The van der Waals surface area contributed by atoms with Crippen molar-refractivity contribution >= 4 is 55.9 Å². The van der Waals surface area contributed by atoms with E-state index in [9.17, 15) is 23.9 Å². The molecule has 0 bridgehead atoms. The van der Waals surface area contributed by atoms with Gasteiger partial charge in [0.2, 0.25) is 5.91 Å². The summed E-state index contributed by atoms with van der Waals surface area (Å²) in [4.78, 5) is 43.2. The number of aromatic carboxylic acids is 1. The number of aromatic amines is 1. The average molecular weight is 498 g/mol. The second kappa shape index (κ2) is 7.41. The largest absolute Gasteiger partial charge is 0.477 e. The summed E-state index contributed by atoms with van der Waals surface area (Å²) in [7, 11) is 0. The molecule has 0 saturated heterocycles. The summed E-state index contributed by atoms with van der Waals surface area (Å²) in [6, 6.07) is 5.72.